The first-order valence-corrected chi connectivity index (χ1v) is 8.40. The van der Waals surface area contributed by atoms with Crippen LogP contribution in [-0.2, 0) is 6.54 Å². The SMILES string of the molecule is CCOc1nccnc1N1CC[C@@H](N(C)C(=O)NCc2ccco2)C1. The van der Waals surface area contributed by atoms with Crippen molar-refractivity contribution < 1.29 is 13.9 Å². The summed E-state index contributed by atoms with van der Waals surface area (Å²) < 4.78 is 10.8. The third-order valence-electron chi connectivity index (χ3n) is 4.25. The Balaban J connectivity index is 1.57. The zero-order valence-electron chi connectivity index (χ0n) is 14.5. The molecular weight excluding hydrogens is 322 g/mol. The van der Waals surface area contributed by atoms with E-state index >= 15 is 0 Å². The van der Waals surface area contributed by atoms with Crippen LogP contribution in [0.1, 0.15) is 19.1 Å². The molecule has 1 N–H and O–H groups in total. The molecule has 8 heteroatoms. The standard InChI is InChI=1S/C17H23N5O3/c1-3-24-16-15(18-7-8-19-16)22-9-6-13(12-22)21(2)17(23)20-11-14-5-4-10-25-14/h4-5,7-8,10,13H,3,6,9,11-12H2,1-2H3,(H,20,23)/t13-/m1/s1. The van der Waals surface area contributed by atoms with Crippen molar-refractivity contribution in [1.82, 2.24) is 20.2 Å². The van der Waals surface area contributed by atoms with Crippen LogP contribution in [0.2, 0.25) is 0 Å². The topological polar surface area (TPSA) is 83.7 Å². The summed E-state index contributed by atoms with van der Waals surface area (Å²) in [6, 6.07) is 3.62. The lowest BCUT2D eigenvalue weighted by molar-refractivity contribution is 0.193. The first kappa shape index (κ1) is 17.1. The number of carbonyl (C=O) groups is 1. The lowest BCUT2D eigenvalue weighted by Crippen LogP contribution is -2.44. The second-order valence-corrected chi connectivity index (χ2v) is 5.86. The zero-order valence-corrected chi connectivity index (χ0v) is 14.5. The van der Waals surface area contributed by atoms with Gasteiger partial charge in [-0.15, -0.1) is 0 Å². The van der Waals surface area contributed by atoms with E-state index in [1.807, 2.05) is 20.0 Å². The van der Waals surface area contributed by atoms with Crippen LogP contribution in [0.3, 0.4) is 0 Å². The number of anilines is 1. The number of aromatic nitrogens is 2. The number of likely N-dealkylation sites (N-methyl/N-ethyl adjacent to an activating group) is 1. The minimum Gasteiger partial charge on any atom is -0.475 e. The summed E-state index contributed by atoms with van der Waals surface area (Å²) in [6.07, 6.45) is 5.74. The number of carbonyl (C=O) groups excluding carboxylic acids is 1. The number of urea groups is 1. The second kappa shape index (κ2) is 7.87. The maximum atomic E-state index is 12.3. The lowest BCUT2D eigenvalue weighted by Gasteiger charge is -2.25. The predicted molar refractivity (Wildman–Crippen MR) is 92.5 cm³/mol. The molecule has 1 fully saturated rings. The van der Waals surface area contributed by atoms with Crippen molar-refractivity contribution in [3.63, 3.8) is 0 Å². The number of rotatable bonds is 6. The number of hydrogen-bond acceptors (Lipinski definition) is 6. The van der Waals surface area contributed by atoms with Crippen molar-refractivity contribution >= 4 is 11.8 Å². The maximum absolute atomic E-state index is 12.3. The number of nitrogens with zero attached hydrogens (tertiary/aromatic N) is 4. The summed E-state index contributed by atoms with van der Waals surface area (Å²) in [5.41, 5.74) is 0. The number of ether oxygens (including phenoxy) is 1. The molecule has 0 aliphatic carbocycles. The molecule has 0 unspecified atom stereocenters. The minimum atomic E-state index is -0.118. The molecule has 25 heavy (non-hydrogen) atoms. The summed E-state index contributed by atoms with van der Waals surface area (Å²) in [7, 11) is 1.81. The third kappa shape index (κ3) is 4.01. The van der Waals surface area contributed by atoms with Crippen molar-refractivity contribution in [1.29, 1.82) is 0 Å². The minimum absolute atomic E-state index is 0.105. The predicted octanol–water partition coefficient (Wildman–Crippen LogP) is 1.89. The van der Waals surface area contributed by atoms with Crippen molar-refractivity contribution in [2.75, 3.05) is 31.6 Å². The van der Waals surface area contributed by atoms with Crippen molar-refractivity contribution in [3.05, 3.63) is 36.5 Å². The van der Waals surface area contributed by atoms with Gasteiger partial charge in [-0.2, -0.15) is 0 Å². The van der Waals surface area contributed by atoms with Gasteiger partial charge in [-0.25, -0.2) is 14.8 Å². The Morgan fingerprint density at radius 1 is 1.48 bits per heavy atom. The molecule has 2 aromatic heterocycles. The number of furan rings is 1. The van der Waals surface area contributed by atoms with Crippen molar-refractivity contribution in [2.45, 2.75) is 25.9 Å². The number of amides is 2. The number of nitrogens with one attached hydrogen (secondary N) is 1. The molecule has 0 saturated carbocycles. The fraction of sp³-hybridized carbons (Fsp3) is 0.471. The molecule has 0 aromatic carbocycles. The van der Waals surface area contributed by atoms with E-state index in [2.05, 4.69) is 20.2 Å². The van der Waals surface area contributed by atoms with E-state index in [1.165, 1.54) is 0 Å². The van der Waals surface area contributed by atoms with E-state index in [-0.39, 0.29) is 12.1 Å². The van der Waals surface area contributed by atoms with Gasteiger partial charge in [0.1, 0.15) is 5.76 Å². The van der Waals surface area contributed by atoms with Gasteiger partial charge in [0, 0.05) is 32.5 Å². The largest absolute Gasteiger partial charge is 0.475 e. The Morgan fingerprint density at radius 3 is 3.08 bits per heavy atom. The van der Waals surface area contributed by atoms with Gasteiger partial charge in [0.2, 0.25) is 0 Å². The van der Waals surface area contributed by atoms with E-state index in [4.69, 9.17) is 9.15 Å². The highest BCUT2D eigenvalue weighted by atomic mass is 16.5. The first-order chi connectivity index (χ1) is 12.2. The molecule has 3 heterocycles. The van der Waals surface area contributed by atoms with Crippen LogP contribution in [0.15, 0.2) is 35.2 Å². The van der Waals surface area contributed by atoms with Gasteiger partial charge in [0.25, 0.3) is 5.88 Å². The molecular formula is C17H23N5O3. The molecule has 3 rings (SSSR count). The lowest BCUT2D eigenvalue weighted by atomic mass is 10.2. The molecule has 1 aliphatic rings. The van der Waals surface area contributed by atoms with Crippen LogP contribution >= 0.6 is 0 Å². The highest BCUT2D eigenvalue weighted by Crippen LogP contribution is 2.27. The summed E-state index contributed by atoms with van der Waals surface area (Å²) in [4.78, 5) is 24.8. The van der Waals surface area contributed by atoms with Crippen LogP contribution in [0.25, 0.3) is 0 Å². The Kier molecular flexibility index (Phi) is 5.37. The smallest absolute Gasteiger partial charge is 0.317 e. The Bertz CT molecular complexity index is 691. The van der Waals surface area contributed by atoms with Crippen LogP contribution < -0.4 is 15.0 Å². The maximum Gasteiger partial charge on any atom is 0.317 e. The molecule has 2 amide bonds. The van der Waals surface area contributed by atoms with Crippen LogP contribution in [-0.4, -0.2) is 53.7 Å². The Morgan fingerprint density at radius 2 is 2.32 bits per heavy atom. The normalized spacial score (nSPS) is 16.7. The molecule has 0 spiro atoms. The molecule has 1 aliphatic heterocycles. The molecule has 134 valence electrons. The van der Waals surface area contributed by atoms with E-state index in [9.17, 15) is 4.79 Å². The molecule has 0 radical (unpaired) electrons. The third-order valence-corrected chi connectivity index (χ3v) is 4.25. The molecule has 2 aromatic rings. The zero-order chi connectivity index (χ0) is 17.6. The van der Waals surface area contributed by atoms with E-state index in [0.717, 1.165) is 24.5 Å². The van der Waals surface area contributed by atoms with Gasteiger partial charge in [-0.05, 0) is 25.5 Å². The van der Waals surface area contributed by atoms with Gasteiger partial charge < -0.3 is 24.3 Å². The first-order valence-electron chi connectivity index (χ1n) is 8.40. The molecule has 1 atom stereocenters. The summed E-state index contributed by atoms with van der Waals surface area (Å²) in [5.74, 6) is 2.00. The average molecular weight is 345 g/mol. The molecule has 1 saturated heterocycles. The van der Waals surface area contributed by atoms with Crippen LogP contribution in [0.5, 0.6) is 5.88 Å². The van der Waals surface area contributed by atoms with Crippen molar-refractivity contribution in [3.8, 4) is 5.88 Å². The second-order valence-electron chi connectivity index (χ2n) is 5.86. The van der Waals surface area contributed by atoms with Crippen molar-refractivity contribution in [2.24, 2.45) is 0 Å². The van der Waals surface area contributed by atoms with Crippen LogP contribution in [0.4, 0.5) is 10.6 Å². The summed E-state index contributed by atoms with van der Waals surface area (Å²) in [6.45, 7) is 4.34. The van der Waals surface area contributed by atoms with E-state index in [0.29, 0.717) is 25.6 Å². The Hall–Kier alpha value is -2.77. The van der Waals surface area contributed by atoms with E-state index < -0.39 is 0 Å². The average Bonchev–Trinajstić information content (AvgIpc) is 3.31. The molecule has 8 nitrogen and oxygen atoms in total. The fourth-order valence-corrected chi connectivity index (χ4v) is 2.89. The highest BCUT2D eigenvalue weighted by molar-refractivity contribution is 5.74. The monoisotopic (exact) mass is 345 g/mol. The Labute approximate surface area is 146 Å². The van der Waals surface area contributed by atoms with E-state index in [1.54, 1.807) is 29.6 Å². The van der Waals surface area contributed by atoms with Gasteiger partial charge in [0.15, 0.2) is 5.82 Å². The quantitative estimate of drug-likeness (QED) is 0.861. The van der Waals surface area contributed by atoms with Gasteiger partial charge >= 0.3 is 6.03 Å². The van der Waals surface area contributed by atoms with Gasteiger partial charge in [0.05, 0.1) is 25.5 Å². The molecule has 0 bridgehead atoms. The van der Waals surface area contributed by atoms with Crippen LogP contribution in [0, 0.1) is 0 Å². The summed E-state index contributed by atoms with van der Waals surface area (Å²) >= 11 is 0. The van der Waals surface area contributed by atoms with Gasteiger partial charge in [-0.3, -0.25) is 0 Å². The summed E-state index contributed by atoms with van der Waals surface area (Å²) in [5, 5.41) is 2.87. The van der Waals surface area contributed by atoms with Gasteiger partial charge in [-0.1, -0.05) is 0 Å². The highest BCUT2D eigenvalue weighted by Gasteiger charge is 2.30. The number of hydrogen-bond donors (Lipinski definition) is 1. The fourth-order valence-electron chi connectivity index (χ4n) is 2.89.